The molecule has 0 aliphatic carbocycles. The highest BCUT2D eigenvalue weighted by Crippen LogP contribution is 2.45. The van der Waals surface area contributed by atoms with Crippen LogP contribution in [0, 0.1) is 16.7 Å². The summed E-state index contributed by atoms with van der Waals surface area (Å²) < 4.78 is 0. The lowest BCUT2D eigenvalue weighted by Crippen LogP contribution is -2.24. The summed E-state index contributed by atoms with van der Waals surface area (Å²) in [4.78, 5) is 16.6. The second-order valence-corrected chi connectivity index (χ2v) is 6.84. The smallest absolute Gasteiger partial charge is 0.221 e. The number of anilines is 1. The molecular weight excluding hydrogens is 258 g/mol. The molecule has 1 unspecified atom stereocenters. The quantitative estimate of drug-likeness (QED) is 0.855. The van der Waals surface area contributed by atoms with E-state index in [1.807, 2.05) is 6.21 Å². The van der Waals surface area contributed by atoms with E-state index >= 15 is 0 Å². The van der Waals surface area contributed by atoms with Gasteiger partial charge in [-0.3, -0.25) is 9.79 Å². The van der Waals surface area contributed by atoms with Gasteiger partial charge in [0.15, 0.2) is 0 Å². The largest absolute Gasteiger partial charge is 0.317 e. The Hall–Kier alpha value is -1.67. The Labute approximate surface area is 117 Å². The normalized spacial score (nSPS) is 17.7. The van der Waals surface area contributed by atoms with Gasteiger partial charge in [0.25, 0.3) is 0 Å². The van der Waals surface area contributed by atoms with Crippen LogP contribution in [-0.2, 0) is 4.79 Å². The summed E-state index contributed by atoms with van der Waals surface area (Å²) in [5, 5.41) is 12.8. The molecule has 1 amide bonds. The molecule has 1 aromatic heterocycles. The van der Waals surface area contributed by atoms with E-state index < -0.39 is 0 Å². The first kappa shape index (κ1) is 13.8. The van der Waals surface area contributed by atoms with E-state index in [1.165, 1.54) is 18.3 Å². The van der Waals surface area contributed by atoms with Crippen molar-refractivity contribution in [1.29, 1.82) is 5.26 Å². The zero-order valence-corrected chi connectivity index (χ0v) is 12.4. The summed E-state index contributed by atoms with van der Waals surface area (Å²) in [5.41, 5.74) is 1.67. The Morgan fingerprint density at radius 2 is 2.26 bits per heavy atom. The molecule has 0 bridgehead atoms. The summed E-state index contributed by atoms with van der Waals surface area (Å²) in [5.74, 6) is 0.0558. The number of rotatable bonds is 1. The minimum Gasteiger partial charge on any atom is -0.317 e. The maximum atomic E-state index is 11.2. The molecule has 0 saturated carbocycles. The van der Waals surface area contributed by atoms with Gasteiger partial charge in [-0.2, -0.15) is 5.26 Å². The van der Waals surface area contributed by atoms with Crippen LogP contribution in [0.3, 0.4) is 0 Å². The lowest BCUT2D eigenvalue weighted by Gasteiger charge is -2.31. The molecule has 0 aromatic carbocycles. The fourth-order valence-corrected chi connectivity index (χ4v) is 3.46. The third kappa shape index (κ3) is 2.54. The Kier molecular flexibility index (Phi) is 3.46. The van der Waals surface area contributed by atoms with Gasteiger partial charge in [0.05, 0.1) is 10.4 Å². The molecule has 1 atom stereocenters. The van der Waals surface area contributed by atoms with Gasteiger partial charge < -0.3 is 5.32 Å². The average molecular weight is 275 g/mol. The van der Waals surface area contributed by atoms with Crippen LogP contribution in [0.1, 0.15) is 49.6 Å². The first-order valence-electron chi connectivity index (χ1n) is 6.18. The highest BCUT2D eigenvalue weighted by Gasteiger charge is 2.34. The first-order valence-corrected chi connectivity index (χ1v) is 7.00. The average Bonchev–Trinajstić information content (AvgIpc) is 2.63. The molecule has 0 saturated heterocycles. The molecule has 5 heteroatoms. The molecule has 1 aliphatic heterocycles. The minimum atomic E-state index is -0.153. The molecule has 0 spiro atoms. The third-order valence-corrected chi connectivity index (χ3v) is 4.32. The van der Waals surface area contributed by atoms with Gasteiger partial charge in [0.2, 0.25) is 5.91 Å². The van der Waals surface area contributed by atoms with Gasteiger partial charge in [-0.15, -0.1) is 11.3 Å². The van der Waals surface area contributed by atoms with E-state index in [-0.39, 0.29) is 17.2 Å². The predicted molar refractivity (Wildman–Crippen MR) is 78.0 cm³/mol. The van der Waals surface area contributed by atoms with Crippen LogP contribution in [0.25, 0.3) is 0 Å². The minimum absolute atomic E-state index is 0.0344. The van der Waals surface area contributed by atoms with Gasteiger partial charge in [0.1, 0.15) is 11.1 Å². The van der Waals surface area contributed by atoms with Crippen LogP contribution in [0.2, 0.25) is 0 Å². The second kappa shape index (κ2) is 4.78. The van der Waals surface area contributed by atoms with E-state index in [9.17, 15) is 10.1 Å². The van der Waals surface area contributed by atoms with Crippen molar-refractivity contribution in [2.24, 2.45) is 10.4 Å². The summed E-state index contributed by atoms with van der Waals surface area (Å²) >= 11 is 1.43. The van der Waals surface area contributed by atoms with Crippen molar-refractivity contribution in [3.05, 3.63) is 16.0 Å². The number of amides is 1. The van der Waals surface area contributed by atoms with Crippen molar-refractivity contribution in [3.63, 3.8) is 0 Å². The number of nitrogens with one attached hydrogen (secondary N) is 1. The molecule has 0 radical (unpaired) electrons. The van der Waals surface area contributed by atoms with Crippen LogP contribution in [-0.4, -0.2) is 18.7 Å². The zero-order chi connectivity index (χ0) is 14.2. The molecule has 2 rings (SSSR count). The molecule has 19 heavy (non-hydrogen) atoms. The molecule has 100 valence electrons. The number of carbonyl (C=O) groups excluding carboxylic acids is 1. The molecule has 2 heterocycles. The van der Waals surface area contributed by atoms with Crippen LogP contribution in [0.15, 0.2) is 4.99 Å². The molecular formula is C14H17N3OS. The number of aliphatic imine (C=N–C) groups is 1. The van der Waals surface area contributed by atoms with Crippen molar-refractivity contribution in [3.8, 4) is 6.07 Å². The van der Waals surface area contributed by atoms with Crippen LogP contribution in [0.5, 0.6) is 0 Å². The molecule has 1 aromatic rings. The highest BCUT2D eigenvalue weighted by atomic mass is 32.1. The van der Waals surface area contributed by atoms with Gasteiger partial charge in [0, 0.05) is 25.6 Å². The monoisotopic (exact) mass is 275 g/mol. The fraction of sp³-hybridized carbons (Fsp3) is 0.500. The maximum absolute atomic E-state index is 11.2. The number of nitrogens with zero attached hydrogens (tertiary/aromatic N) is 2. The number of fused-ring (bicyclic) bond motifs is 1. The standard InChI is InChI=1S/C14H17N3OS/c1-8(18)17-13-9(5-15)12-10(14(2,3)4)6-16-7-11(12)19-13/h7,10H,6H2,1-4H3,(H,17,18). The SMILES string of the molecule is CC(=O)Nc1sc2c(c1C#N)C(C(C)(C)C)CN=C2. The van der Waals surface area contributed by atoms with E-state index in [2.05, 4.69) is 37.1 Å². The Morgan fingerprint density at radius 3 is 2.79 bits per heavy atom. The number of hydrogen-bond acceptors (Lipinski definition) is 4. The fourth-order valence-electron chi connectivity index (χ4n) is 2.30. The predicted octanol–water partition coefficient (Wildman–Crippen LogP) is 3.14. The molecule has 1 N–H and O–H groups in total. The Balaban J connectivity index is 2.57. The lowest BCUT2D eigenvalue weighted by molar-refractivity contribution is -0.114. The highest BCUT2D eigenvalue weighted by molar-refractivity contribution is 7.18. The number of thiophene rings is 1. The summed E-state index contributed by atoms with van der Waals surface area (Å²) in [7, 11) is 0. The third-order valence-electron chi connectivity index (χ3n) is 3.27. The maximum Gasteiger partial charge on any atom is 0.221 e. The lowest BCUT2D eigenvalue weighted by atomic mass is 9.74. The number of carbonyl (C=O) groups is 1. The van der Waals surface area contributed by atoms with Crippen molar-refractivity contribution in [1.82, 2.24) is 0 Å². The summed E-state index contributed by atoms with van der Waals surface area (Å²) in [6.45, 7) is 8.61. The van der Waals surface area contributed by atoms with Gasteiger partial charge in [-0.1, -0.05) is 20.8 Å². The van der Waals surface area contributed by atoms with E-state index in [0.717, 1.165) is 10.4 Å². The Bertz CT molecular complexity index is 587. The second-order valence-electron chi connectivity index (χ2n) is 5.79. The Morgan fingerprint density at radius 1 is 1.58 bits per heavy atom. The zero-order valence-electron chi connectivity index (χ0n) is 11.6. The van der Waals surface area contributed by atoms with E-state index in [1.54, 1.807) is 0 Å². The van der Waals surface area contributed by atoms with Crippen molar-refractivity contribution in [2.75, 3.05) is 11.9 Å². The van der Waals surface area contributed by atoms with Gasteiger partial charge in [-0.05, 0) is 11.0 Å². The van der Waals surface area contributed by atoms with Gasteiger partial charge >= 0.3 is 0 Å². The molecule has 1 aliphatic rings. The van der Waals surface area contributed by atoms with Gasteiger partial charge in [-0.25, -0.2) is 0 Å². The summed E-state index contributed by atoms with van der Waals surface area (Å²) in [6.07, 6.45) is 1.81. The topological polar surface area (TPSA) is 65.2 Å². The van der Waals surface area contributed by atoms with Crippen molar-refractivity contribution >= 4 is 28.5 Å². The molecule has 4 nitrogen and oxygen atoms in total. The van der Waals surface area contributed by atoms with Crippen molar-refractivity contribution in [2.45, 2.75) is 33.6 Å². The van der Waals surface area contributed by atoms with Crippen molar-refractivity contribution < 1.29 is 4.79 Å². The number of hydrogen-bond donors (Lipinski definition) is 1. The number of nitriles is 1. The first-order chi connectivity index (χ1) is 8.84. The van der Waals surface area contributed by atoms with Crippen LogP contribution in [0.4, 0.5) is 5.00 Å². The van der Waals surface area contributed by atoms with Crippen LogP contribution >= 0.6 is 11.3 Å². The van der Waals surface area contributed by atoms with Crippen LogP contribution < -0.4 is 5.32 Å². The van der Waals surface area contributed by atoms with E-state index in [0.29, 0.717) is 17.1 Å². The molecule has 0 fully saturated rings. The van der Waals surface area contributed by atoms with E-state index in [4.69, 9.17) is 0 Å². The summed E-state index contributed by atoms with van der Waals surface area (Å²) in [6, 6.07) is 2.25.